The van der Waals surface area contributed by atoms with Gasteiger partial charge in [-0.25, -0.2) is 0 Å². The van der Waals surface area contributed by atoms with Crippen LogP contribution in [0.15, 0.2) is 18.2 Å². The predicted molar refractivity (Wildman–Crippen MR) is 65.5 cm³/mol. The minimum atomic E-state index is -4.39. The molecule has 0 fully saturated rings. The molecule has 1 heterocycles. The van der Waals surface area contributed by atoms with Crippen LogP contribution >= 0.6 is 11.6 Å². The second-order valence-corrected chi connectivity index (χ2v) is 4.41. The molecule has 0 amide bonds. The Labute approximate surface area is 113 Å². The Kier molecular flexibility index (Phi) is 3.54. The van der Waals surface area contributed by atoms with Gasteiger partial charge in [0, 0.05) is 6.42 Å². The Morgan fingerprint density at radius 3 is 2.53 bits per heavy atom. The van der Waals surface area contributed by atoms with Gasteiger partial charge in [-0.2, -0.15) is 13.2 Å². The summed E-state index contributed by atoms with van der Waals surface area (Å²) in [6, 6.07) is 3.51. The van der Waals surface area contributed by atoms with Gasteiger partial charge in [-0.1, -0.05) is 13.0 Å². The molecule has 3 nitrogen and oxygen atoms in total. The average molecular weight is 290 g/mol. The van der Waals surface area contributed by atoms with Gasteiger partial charge in [0.15, 0.2) is 0 Å². The number of hydrogen-bond donors (Lipinski definition) is 0. The summed E-state index contributed by atoms with van der Waals surface area (Å²) in [4.78, 5) is 0. The highest BCUT2D eigenvalue weighted by Crippen LogP contribution is 2.32. The maximum atomic E-state index is 12.8. The van der Waals surface area contributed by atoms with Crippen molar-refractivity contribution in [1.29, 1.82) is 0 Å². The Balaban J connectivity index is 2.64. The van der Waals surface area contributed by atoms with E-state index in [1.54, 1.807) is 6.92 Å². The molecule has 2 rings (SSSR count). The van der Waals surface area contributed by atoms with Gasteiger partial charge in [0.1, 0.15) is 5.82 Å². The van der Waals surface area contributed by atoms with Crippen molar-refractivity contribution in [2.45, 2.75) is 26.4 Å². The van der Waals surface area contributed by atoms with Crippen LogP contribution in [0.2, 0.25) is 5.28 Å². The van der Waals surface area contributed by atoms with E-state index in [-0.39, 0.29) is 5.28 Å². The Morgan fingerprint density at radius 1 is 1.26 bits per heavy atom. The lowest BCUT2D eigenvalue weighted by molar-refractivity contribution is -0.137. The van der Waals surface area contributed by atoms with Crippen molar-refractivity contribution in [3.63, 3.8) is 0 Å². The third-order valence-corrected chi connectivity index (χ3v) is 3.03. The average Bonchev–Trinajstić information content (AvgIpc) is 2.69. The molecule has 0 radical (unpaired) electrons. The molecule has 1 aromatic carbocycles. The Bertz CT molecular complexity index is 605. The van der Waals surface area contributed by atoms with Crippen molar-refractivity contribution in [2.24, 2.45) is 0 Å². The summed E-state index contributed by atoms with van der Waals surface area (Å²) in [5.74, 6) is 0.521. The number of alkyl halides is 3. The normalized spacial score (nSPS) is 11.9. The van der Waals surface area contributed by atoms with Crippen LogP contribution in [-0.2, 0) is 12.6 Å². The van der Waals surface area contributed by atoms with Gasteiger partial charge < -0.3 is 0 Å². The molecule has 102 valence electrons. The van der Waals surface area contributed by atoms with Gasteiger partial charge in [-0.05, 0) is 36.2 Å². The van der Waals surface area contributed by atoms with Crippen LogP contribution in [0.1, 0.15) is 23.9 Å². The minimum absolute atomic E-state index is 0.0549. The van der Waals surface area contributed by atoms with Crippen LogP contribution in [0.3, 0.4) is 0 Å². The van der Waals surface area contributed by atoms with E-state index in [1.165, 1.54) is 10.6 Å². The predicted octanol–water partition coefficient (Wildman–Crippen LogP) is 3.81. The molecule has 0 spiro atoms. The van der Waals surface area contributed by atoms with Crippen LogP contribution in [0, 0.1) is 6.92 Å². The molecule has 0 bridgehead atoms. The van der Waals surface area contributed by atoms with E-state index in [2.05, 4.69) is 10.2 Å². The summed E-state index contributed by atoms with van der Waals surface area (Å²) in [6.07, 6.45) is -3.87. The van der Waals surface area contributed by atoms with E-state index in [1.807, 2.05) is 6.92 Å². The zero-order valence-electron chi connectivity index (χ0n) is 10.3. The zero-order chi connectivity index (χ0) is 14.2. The lowest BCUT2D eigenvalue weighted by Crippen LogP contribution is -2.08. The summed E-state index contributed by atoms with van der Waals surface area (Å²) in [5.41, 5.74) is 0.297. The summed E-state index contributed by atoms with van der Waals surface area (Å²) in [7, 11) is 0. The smallest absolute Gasteiger partial charge is 0.269 e. The van der Waals surface area contributed by atoms with Crippen LogP contribution in [0.5, 0.6) is 0 Å². The number of nitrogens with zero attached hydrogens (tertiary/aromatic N) is 3. The second kappa shape index (κ2) is 4.85. The summed E-state index contributed by atoms with van der Waals surface area (Å²) in [5, 5.41) is 7.59. The Hall–Kier alpha value is -1.56. The number of aromatic nitrogens is 3. The number of aryl methyl sites for hydroxylation is 2. The van der Waals surface area contributed by atoms with Gasteiger partial charge in [0.25, 0.3) is 0 Å². The van der Waals surface area contributed by atoms with Gasteiger partial charge >= 0.3 is 6.18 Å². The number of halogens is 4. The molecular formula is C12H11ClF3N3. The molecule has 0 unspecified atom stereocenters. The van der Waals surface area contributed by atoms with E-state index >= 15 is 0 Å². The molecule has 19 heavy (non-hydrogen) atoms. The van der Waals surface area contributed by atoms with Crippen LogP contribution in [0.4, 0.5) is 13.2 Å². The highest BCUT2D eigenvalue weighted by molar-refractivity contribution is 6.28. The van der Waals surface area contributed by atoms with Crippen molar-refractivity contribution >= 4 is 11.6 Å². The molecule has 0 aliphatic rings. The second-order valence-electron chi connectivity index (χ2n) is 4.07. The fourth-order valence-electron chi connectivity index (χ4n) is 1.79. The maximum Gasteiger partial charge on any atom is 0.416 e. The fraction of sp³-hybridized carbons (Fsp3) is 0.333. The molecule has 0 aliphatic carbocycles. The standard InChI is InChI=1S/C12H11ClF3N3/c1-3-10-17-18-11(13)19(10)9-6-8(12(14,15)16)5-4-7(9)2/h4-6H,3H2,1-2H3. The molecule has 0 N–H and O–H groups in total. The van der Waals surface area contributed by atoms with Crippen molar-refractivity contribution in [1.82, 2.24) is 14.8 Å². The minimum Gasteiger partial charge on any atom is -0.269 e. The van der Waals surface area contributed by atoms with Gasteiger partial charge in [-0.3, -0.25) is 4.57 Å². The van der Waals surface area contributed by atoms with E-state index in [0.717, 1.165) is 12.1 Å². The van der Waals surface area contributed by atoms with E-state index in [4.69, 9.17) is 11.6 Å². The molecule has 0 saturated heterocycles. The zero-order valence-corrected chi connectivity index (χ0v) is 11.0. The van der Waals surface area contributed by atoms with Gasteiger partial charge in [-0.15, -0.1) is 10.2 Å². The maximum absolute atomic E-state index is 12.8. The molecular weight excluding hydrogens is 279 g/mol. The van der Waals surface area contributed by atoms with Gasteiger partial charge in [0.05, 0.1) is 11.3 Å². The lowest BCUT2D eigenvalue weighted by atomic mass is 10.1. The fourth-order valence-corrected chi connectivity index (χ4v) is 2.02. The number of rotatable bonds is 2. The van der Waals surface area contributed by atoms with Crippen LogP contribution in [-0.4, -0.2) is 14.8 Å². The first-order chi connectivity index (χ1) is 8.84. The first-order valence-electron chi connectivity index (χ1n) is 5.62. The quantitative estimate of drug-likeness (QED) is 0.841. The molecule has 1 aromatic heterocycles. The first kappa shape index (κ1) is 13.9. The largest absolute Gasteiger partial charge is 0.416 e. The molecule has 0 atom stereocenters. The SMILES string of the molecule is CCc1nnc(Cl)n1-c1cc(C(F)(F)F)ccc1C. The molecule has 7 heteroatoms. The van der Waals surface area contributed by atoms with E-state index in [0.29, 0.717) is 23.5 Å². The van der Waals surface area contributed by atoms with Crippen molar-refractivity contribution < 1.29 is 13.2 Å². The van der Waals surface area contributed by atoms with E-state index in [9.17, 15) is 13.2 Å². The van der Waals surface area contributed by atoms with Gasteiger partial charge in [0.2, 0.25) is 5.28 Å². The number of hydrogen-bond acceptors (Lipinski definition) is 2. The summed E-state index contributed by atoms with van der Waals surface area (Å²) >= 11 is 5.90. The highest BCUT2D eigenvalue weighted by atomic mass is 35.5. The third-order valence-electron chi connectivity index (χ3n) is 2.78. The number of benzene rings is 1. The van der Waals surface area contributed by atoms with Crippen molar-refractivity contribution in [2.75, 3.05) is 0 Å². The summed E-state index contributed by atoms with van der Waals surface area (Å²) < 4.78 is 39.7. The monoisotopic (exact) mass is 289 g/mol. The van der Waals surface area contributed by atoms with Crippen LogP contribution < -0.4 is 0 Å². The summed E-state index contributed by atoms with van der Waals surface area (Å²) in [6.45, 7) is 3.55. The van der Waals surface area contributed by atoms with Crippen molar-refractivity contribution in [3.8, 4) is 5.69 Å². The van der Waals surface area contributed by atoms with Crippen molar-refractivity contribution in [3.05, 3.63) is 40.4 Å². The molecule has 0 aliphatic heterocycles. The lowest BCUT2D eigenvalue weighted by Gasteiger charge is -2.13. The first-order valence-corrected chi connectivity index (χ1v) is 6.00. The third kappa shape index (κ3) is 2.58. The molecule has 0 saturated carbocycles. The van der Waals surface area contributed by atoms with E-state index < -0.39 is 11.7 Å². The van der Waals surface area contributed by atoms with Crippen LogP contribution in [0.25, 0.3) is 5.69 Å². The Morgan fingerprint density at radius 2 is 1.95 bits per heavy atom. The highest BCUT2D eigenvalue weighted by Gasteiger charge is 2.31. The molecule has 2 aromatic rings. The topological polar surface area (TPSA) is 30.7 Å².